The van der Waals surface area contributed by atoms with Gasteiger partial charge in [-0.3, -0.25) is 4.79 Å². The normalized spacial score (nSPS) is 11.5. The van der Waals surface area contributed by atoms with E-state index in [-0.39, 0.29) is 4.82 Å². The Bertz CT molecular complexity index is 272. The van der Waals surface area contributed by atoms with Crippen LogP contribution in [0, 0.1) is 0 Å². The van der Waals surface area contributed by atoms with Gasteiger partial charge in [-0.15, -0.1) is 0 Å². The number of rotatable bonds is 5. The molecule has 0 aromatic carbocycles. The van der Waals surface area contributed by atoms with Gasteiger partial charge in [-0.1, -0.05) is 13.5 Å². The van der Waals surface area contributed by atoms with Crippen LogP contribution in [-0.2, 0) is 4.74 Å². The van der Waals surface area contributed by atoms with Gasteiger partial charge < -0.3 is 10.1 Å². The Balaban J connectivity index is 4.24. The number of carbonyl (C=O) groups is 1. The van der Waals surface area contributed by atoms with Crippen LogP contribution in [0.3, 0.4) is 0 Å². The van der Waals surface area contributed by atoms with Crippen molar-refractivity contribution in [2.24, 2.45) is 4.99 Å². The average Bonchev–Trinajstić information content (AvgIpc) is 2.13. The fraction of sp³-hybridized carbons (Fsp3) is 0.333. The minimum atomic E-state index is -0.354. The molecular weight excluding hydrogens is 248 g/mol. The Morgan fingerprint density at radius 2 is 2.36 bits per heavy atom. The molecule has 0 fully saturated rings. The van der Waals surface area contributed by atoms with Gasteiger partial charge in [0.25, 0.3) is 4.82 Å². The lowest BCUT2D eigenvalue weighted by molar-refractivity contribution is 0.265. The molecule has 1 amide bonds. The summed E-state index contributed by atoms with van der Waals surface area (Å²) in [5.41, 5.74) is 0.468. The van der Waals surface area contributed by atoms with Gasteiger partial charge in [0.15, 0.2) is 0 Å². The maximum atomic E-state index is 10.4. The van der Waals surface area contributed by atoms with E-state index < -0.39 is 0 Å². The molecule has 0 spiro atoms. The van der Waals surface area contributed by atoms with Gasteiger partial charge in [0.1, 0.15) is 5.76 Å². The third kappa shape index (κ3) is 5.53. The number of nitrogens with one attached hydrogen (secondary N) is 1. The maximum absolute atomic E-state index is 10.4. The van der Waals surface area contributed by atoms with Crippen LogP contribution in [-0.4, -0.2) is 18.3 Å². The summed E-state index contributed by atoms with van der Waals surface area (Å²) in [5.74, 6) is 0.604. The second-order valence-electron chi connectivity index (χ2n) is 2.30. The number of methoxy groups -OCH3 is 1. The van der Waals surface area contributed by atoms with E-state index in [9.17, 15) is 4.79 Å². The number of ether oxygens (including phenoxy) is 1. The number of nitrogens with zero attached hydrogens (tertiary/aromatic N) is 1. The van der Waals surface area contributed by atoms with Crippen LogP contribution in [0.15, 0.2) is 29.1 Å². The molecule has 0 atom stereocenters. The van der Waals surface area contributed by atoms with E-state index in [2.05, 4.69) is 32.8 Å². The SMILES string of the molecule is C=C(/N=C\NC(=O)Br)/C(=C\CC)OC. The number of hydrogen-bond acceptors (Lipinski definition) is 3. The fourth-order valence-electron chi connectivity index (χ4n) is 0.729. The Morgan fingerprint density at radius 3 is 2.79 bits per heavy atom. The van der Waals surface area contributed by atoms with E-state index >= 15 is 0 Å². The second kappa shape index (κ2) is 7.32. The van der Waals surface area contributed by atoms with Crippen LogP contribution in [0.4, 0.5) is 4.79 Å². The summed E-state index contributed by atoms with van der Waals surface area (Å²) in [5, 5.41) is 2.34. The number of carbonyl (C=O) groups excluding carboxylic acids is 1. The van der Waals surface area contributed by atoms with Crippen LogP contribution in [0.25, 0.3) is 0 Å². The zero-order valence-corrected chi connectivity index (χ0v) is 9.80. The van der Waals surface area contributed by atoms with E-state index in [1.54, 1.807) is 7.11 Å². The molecule has 0 unspecified atom stereocenters. The van der Waals surface area contributed by atoms with Crippen molar-refractivity contribution in [3.05, 3.63) is 24.1 Å². The predicted molar refractivity (Wildman–Crippen MR) is 60.5 cm³/mol. The highest BCUT2D eigenvalue weighted by Gasteiger charge is 1.98. The van der Waals surface area contributed by atoms with Crippen molar-refractivity contribution in [3.8, 4) is 0 Å². The summed E-state index contributed by atoms with van der Waals surface area (Å²) in [6, 6.07) is 0. The van der Waals surface area contributed by atoms with Gasteiger partial charge in [0.05, 0.1) is 19.1 Å². The molecule has 0 aromatic rings. The first-order valence-corrected chi connectivity index (χ1v) is 4.83. The molecule has 0 heterocycles. The van der Waals surface area contributed by atoms with Crippen LogP contribution < -0.4 is 5.32 Å². The monoisotopic (exact) mass is 260 g/mol. The van der Waals surface area contributed by atoms with Gasteiger partial charge in [0.2, 0.25) is 0 Å². The third-order valence-corrected chi connectivity index (χ3v) is 1.52. The van der Waals surface area contributed by atoms with Gasteiger partial charge in [0, 0.05) is 15.9 Å². The van der Waals surface area contributed by atoms with Crippen LogP contribution in [0.1, 0.15) is 13.3 Å². The van der Waals surface area contributed by atoms with Crippen molar-refractivity contribution in [2.75, 3.05) is 7.11 Å². The topological polar surface area (TPSA) is 50.7 Å². The maximum Gasteiger partial charge on any atom is 0.292 e. The Labute approximate surface area is 91.9 Å². The Morgan fingerprint density at radius 1 is 1.71 bits per heavy atom. The smallest absolute Gasteiger partial charge is 0.292 e. The van der Waals surface area contributed by atoms with Crippen LogP contribution >= 0.6 is 15.9 Å². The fourth-order valence-corrected chi connectivity index (χ4v) is 0.831. The van der Waals surface area contributed by atoms with Crippen LogP contribution in [0.2, 0.25) is 0 Å². The van der Waals surface area contributed by atoms with Gasteiger partial charge in [-0.05, 0) is 12.5 Å². The largest absolute Gasteiger partial charge is 0.495 e. The van der Waals surface area contributed by atoms with E-state index in [0.717, 1.165) is 6.42 Å². The summed E-state index contributed by atoms with van der Waals surface area (Å²) in [6.45, 7) is 5.67. The molecule has 0 saturated carbocycles. The van der Waals surface area contributed by atoms with E-state index in [0.29, 0.717) is 11.5 Å². The molecule has 78 valence electrons. The molecule has 0 aliphatic heterocycles. The highest BCUT2D eigenvalue weighted by molar-refractivity contribution is 9.18. The summed E-state index contributed by atoms with van der Waals surface area (Å²) >= 11 is 2.69. The minimum Gasteiger partial charge on any atom is -0.495 e. The van der Waals surface area contributed by atoms with Gasteiger partial charge in [-0.2, -0.15) is 0 Å². The molecule has 0 saturated heterocycles. The second-order valence-corrected chi connectivity index (χ2v) is 3.02. The third-order valence-electron chi connectivity index (χ3n) is 1.29. The van der Waals surface area contributed by atoms with Crippen molar-refractivity contribution in [3.63, 3.8) is 0 Å². The number of halogens is 1. The van der Waals surface area contributed by atoms with E-state index in [1.807, 2.05) is 13.0 Å². The molecule has 0 aliphatic rings. The van der Waals surface area contributed by atoms with Crippen molar-refractivity contribution < 1.29 is 9.53 Å². The van der Waals surface area contributed by atoms with E-state index in [4.69, 9.17) is 4.74 Å². The Hall–Kier alpha value is -1.10. The quantitative estimate of drug-likeness (QED) is 0.206. The first-order chi connectivity index (χ1) is 6.61. The van der Waals surface area contributed by atoms with Crippen molar-refractivity contribution >= 4 is 27.1 Å². The number of hydrogen-bond donors (Lipinski definition) is 1. The summed E-state index contributed by atoms with van der Waals surface area (Å²) in [6.07, 6.45) is 3.94. The van der Waals surface area contributed by atoms with Crippen LogP contribution in [0.5, 0.6) is 0 Å². The summed E-state index contributed by atoms with van der Waals surface area (Å²) in [7, 11) is 1.55. The molecule has 4 nitrogen and oxygen atoms in total. The lowest BCUT2D eigenvalue weighted by atomic mass is 10.3. The first kappa shape index (κ1) is 12.9. The zero-order chi connectivity index (χ0) is 11.0. The molecule has 0 bridgehead atoms. The summed E-state index contributed by atoms with van der Waals surface area (Å²) < 4.78 is 5.03. The lowest BCUT2D eigenvalue weighted by Crippen LogP contribution is -2.12. The van der Waals surface area contributed by atoms with Crippen molar-refractivity contribution in [2.45, 2.75) is 13.3 Å². The highest BCUT2D eigenvalue weighted by atomic mass is 79.9. The van der Waals surface area contributed by atoms with E-state index in [1.165, 1.54) is 6.34 Å². The Kier molecular flexibility index (Phi) is 6.74. The standard InChI is InChI=1S/C9H13BrN2O2/c1-4-5-8(14-3)7(2)11-6-12-9(10)13/h5-6H,2,4H2,1,3H3,(H,11,12,13)/b8-5+. The van der Waals surface area contributed by atoms with Gasteiger partial charge >= 0.3 is 0 Å². The zero-order valence-electron chi connectivity index (χ0n) is 8.21. The molecular formula is C9H13BrN2O2. The number of amides is 1. The summed E-state index contributed by atoms with van der Waals surface area (Å²) in [4.78, 5) is 14.0. The van der Waals surface area contributed by atoms with Crippen molar-refractivity contribution in [1.29, 1.82) is 0 Å². The molecule has 5 heteroatoms. The minimum absolute atomic E-state index is 0.354. The number of allylic oxidation sites excluding steroid dienone is 1. The number of aliphatic imine (C=N–C) groups is 1. The molecule has 0 aliphatic carbocycles. The molecule has 0 aromatic heterocycles. The molecule has 1 N–H and O–H groups in total. The predicted octanol–water partition coefficient (Wildman–Crippen LogP) is 2.57. The van der Waals surface area contributed by atoms with Gasteiger partial charge in [-0.25, -0.2) is 4.99 Å². The molecule has 14 heavy (non-hydrogen) atoms. The molecule has 0 radical (unpaired) electrons. The molecule has 0 rings (SSSR count). The average molecular weight is 261 g/mol. The highest BCUT2D eigenvalue weighted by Crippen LogP contribution is 2.09. The lowest BCUT2D eigenvalue weighted by Gasteiger charge is -2.03. The van der Waals surface area contributed by atoms with Crippen molar-refractivity contribution in [1.82, 2.24) is 5.32 Å². The first-order valence-electron chi connectivity index (χ1n) is 4.03.